The summed E-state index contributed by atoms with van der Waals surface area (Å²) < 4.78 is 11.8. The summed E-state index contributed by atoms with van der Waals surface area (Å²) in [5.41, 5.74) is 0.916. The van der Waals surface area contributed by atoms with E-state index in [1.54, 1.807) is 0 Å². The van der Waals surface area contributed by atoms with Crippen molar-refractivity contribution in [2.45, 2.75) is 104 Å². The Labute approximate surface area is 156 Å². The van der Waals surface area contributed by atoms with E-state index in [4.69, 9.17) is 9.16 Å². The number of hydrogen-bond acceptors (Lipinski definition) is 4. The molecule has 0 aromatic heterocycles. The lowest BCUT2D eigenvalue weighted by Crippen LogP contribution is -2.50. The Hall–Kier alpha value is -0.683. The molecule has 0 saturated carbocycles. The maximum atomic E-state index is 11.7. The molecule has 0 bridgehead atoms. The fraction of sp³-hybridized carbons (Fsp3) is 0.900. The van der Waals surface area contributed by atoms with E-state index in [2.05, 4.69) is 41.5 Å². The first-order valence-corrected chi connectivity index (χ1v) is 11.8. The number of hydrogen-bond donors (Lipinski definition) is 0. The maximum absolute atomic E-state index is 11.7. The van der Waals surface area contributed by atoms with Crippen LogP contribution in [-0.4, -0.2) is 33.3 Å². The lowest BCUT2D eigenvalue weighted by atomic mass is 9.97. The molecule has 5 heteroatoms. The van der Waals surface area contributed by atoms with Crippen LogP contribution in [0.15, 0.2) is 0 Å². The van der Waals surface area contributed by atoms with Gasteiger partial charge in [0.2, 0.25) is 8.32 Å². The molecule has 0 heterocycles. The van der Waals surface area contributed by atoms with Crippen molar-refractivity contribution in [1.29, 1.82) is 0 Å². The second-order valence-electron chi connectivity index (χ2n) is 8.99. The van der Waals surface area contributed by atoms with Crippen LogP contribution in [0.4, 0.5) is 0 Å². The van der Waals surface area contributed by atoms with E-state index in [1.807, 2.05) is 20.8 Å². The van der Waals surface area contributed by atoms with Crippen LogP contribution < -0.4 is 0 Å². The second kappa shape index (κ2) is 10.5. The molecule has 0 N–H and O–H groups in total. The summed E-state index contributed by atoms with van der Waals surface area (Å²) in [7, 11) is -2.04. The van der Waals surface area contributed by atoms with Crippen LogP contribution in [-0.2, 0) is 18.8 Å². The van der Waals surface area contributed by atoms with Gasteiger partial charge in [0.25, 0.3) is 0 Å². The van der Waals surface area contributed by atoms with Crippen molar-refractivity contribution < 1.29 is 18.8 Å². The number of aldehydes is 1. The molecule has 0 aliphatic carbocycles. The first-order valence-electron chi connectivity index (χ1n) is 9.69. The molecule has 148 valence electrons. The summed E-state index contributed by atoms with van der Waals surface area (Å²) in [4.78, 5) is 23.3. The monoisotopic (exact) mass is 372 g/mol. The van der Waals surface area contributed by atoms with Crippen molar-refractivity contribution in [3.8, 4) is 0 Å². The molecule has 0 unspecified atom stereocenters. The average molecular weight is 373 g/mol. The van der Waals surface area contributed by atoms with Gasteiger partial charge in [-0.1, -0.05) is 41.5 Å². The SMILES string of the molecule is CC(C)[Si](O[C@H](C=O)CCCCOC(=O)C(C)(C)C)(C(C)C)C(C)C. The van der Waals surface area contributed by atoms with Crippen molar-refractivity contribution in [1.82, 2.24) is 0 Å². The molecule has 0 amide bonds. The fourth-order valence-corrected chi connectivity index (χ4v) is 9.17. The molecule has 0 fully saturated rings. The summed E-state index contributed by atoms with van der Waals surface area (Å²) in [6, 6.07) is 0. The summed E-state index contributed by atoms with van der Waals surface area (Å²) in [6.45, 7) is 19.3. The Morgan fingerprint density at radius 2 is 1.44 bits per heavy atom. The predicted molar refractivity (Wildman–Crippen MR) is 106 cm³/mol. The highest BCUT2D eigenvalue weighted by molar-refractivity contribution is 6.77. The molecular weight excluding hydrogens is 332 g/mol. The van der Waals surface area contributed by atoms with Gasteiger partial charge in [-0.25, -0.2) is 0 Å². The molecule has 4 nitrogen and oxygen atoms in total. The molecule has 0 aromatic rings. The topological polar surface area (TPSA) is 52.6 Å². The van der Waals surface area contributed by atoms with Crippen LogP contribution in [0.5, 0.6) is 0 Å². The Bertz CT molecular complexity index is 389. The number of carbonyl (C=O) groups is 2. The average Bonchev–Trinajstić information content (AvgIpc) is 2.47. The minimum Gasteiger partial charge on any atom is -0.465 e. The Morgan fingerprint density at radius 1 is 0.960 bits per heavy atom. The molecular formula is C20H40O4Si. The van der Waals surface area contributed by atoms with Crippen molar-refractivity contribution in [2.24, 2.45) is 5.41 Å². The lowest BCUT2D eigenvalue weighted by Gasteiger charge is -2.43. The number of ether oxygens (including phenoxy) is 1. The minimum absolute atomic E-state index is 0.179. The lowest BCUT2D eigenvalue weighted by molar-refractivity contribution is -0.153. The molecule has 0 aliphatic heterocycles. The van der Waals surface area contributed by atoms with Crippen LogP contribution in [0.1, 0.15) is 81.6 Å². The fourth-order valence-electron chi connectivity index (χ4n) is 3.65. The summed E-state index contributed by atoms with van der Waals surface area (Å²) >= 11 is 0. The minimum atomic E-state index is -2.04. The molecule has 25 heavy (non-hydrogen) atoms. The van der Waals surface area contributed by atoms with Gasteiger partial charge in [0.05, 0.1) is 12.0 Å². The summed E-state index contributed by atoms with van der Waals surface area (Å²) in [5.74, 6) is -0.179. The molecule has 0 aromatic carbocycles. The van der Waals surface area contributed by atoms with Gasteiger partial charge in [-0.2, -0.15) is 0 Å². The third kappa shape index (κ3) is 7.22. The smallest absolute Gasteiger partial charge is 0.311 e. The van der Waals surface area contributed by atoms with Crippen molar-refractivity contribution >= 4 is 20.6 Å². The zero-order chi connectivity index (χ0) is 19.8. The van der Waals surface area contributed by atoms with Crippen LogP contribution >= 0.6 is 0 Å². The molecule has 0 saturated heterocycles. The Morgan fingerprint density at radius 3 is 1.80 bits per heavy atom. The summed E-state index contributed by atoms with van der Waals surface area (Å²) in [5, 5.41) is 0. The van der Waals surface area contributed by atoms with Gasteiger partial charge < -0.3 is 14.0 Å². The molecule has 0 radical (unpaired) electrons. The highest BCUT2D eigenvalue weighted by Crippen LogP contribution is 2.43. The van der Waals surface area contributed by atoms with E-state index in [0.29, 0.717) is 29.7 Å². The van der Waals surface area contributed by atoms with Crippen molar-refractivity contribution in [3.05, 3.63) is 0 Å². The maximum Gasteiger partial charge on any atom is 0.311 e. The van der Waals surface area contributed by atoms with Gasteiger partial charge in [-0.3, -0.25) is 4.79 Å². The molecule has 0 aliphatic rings. The van der Waals surface area contributed by atoms with Gasteiger partial charge >= 0.3 is 5.97 Å². The van der Waals surface area contributed by atoms with Gasteiger partial charge in [0.15, 0.2) is 0 Å². The second-order valence-corrected chi connectivity index (χ2v) is 14.4. The first-order chi connectivity index (χ1) is 11.4. The predicted octanol–water partition coefficient (Wildman–Crippen LogP) is 5.51. The van der Waals surface area contributed by atoms with Gasteiger partial charge in [0.1, 0.15) is 12.4 Å². The number of rotatable bonds is 11. The van der Waals surface area contributed by atoms with Crippen molar-refractivity contribution in [3.63, 3.8) is 0 Å². The molecule has 0 spiro atoms. The largest absolute Gasteiger partial charge is 0.465 e. The quantitative estimate of drug-likeness (QED) is 0.208. The summed E-state index contributed by atoms with van der Waals surface area (Å²) in [6.07, 6.45) is 2.87. The number of carbonyl (C=O) groups excluding carboxylic acids is 2. The third-order valence-corrected chi connectivity index (χ3v) is 11.1. The molecule has 1 atom stereocenters. The van der Waals surface area contributed by atoms with Crippen LogP contribution in [0.25, 0.3) is 0 Å². The van der Waals surface area contributed by atoms with E-state index in [1.165, 1.54) is 0 Å². The first kappa shape index (κ1) is 24.3. The van der Waals surface area contributed by atoms with E-state index < -0.39 is 13.7 Å². The Kier molecular flexibility index (Phi) is 10.2. The van der Waals surface area contributed by atoms with Crippen LogP contribution in [0.3, 0.4) is 0 Å². The third-order valence-electron chi connectivity index (χ3n) is 4.94. The van der Waals surface area contributed by atoms with Crippen LogP contribution in [0, 0.1) is 5.41 Å². The van der Waals surface area contributed by atoms with Crippen LogP contribution in [0.2, 0.25) is 16.6 Å². The van der Waals surface area contributed by atoms with E-state index in [0.717, 1.165) is 19.1 Å². The standard InChI is InChI=1S/C20H40O4Si/c1-15(2)25(16(3)4,17(5)6)24-18(14-21)12-10-11-13-23-19(22)20(7,8)9/h14-18H,10-13H2,1-9H3/t18-/m0/s1. The van der Waals surface area contributed by atoms with Gasteiger partial charge in [0, 0.05) is 0 Å². The number of unbranched alkanes of at least 4 members (excludes halogenated alkanes) is 1. The Balaban J connectivity index is 4.59. The zero-order valence-electron chi connectivity index (χ0n) is 17.8. The number of esters is 1. The van der Waals surface area contributed by atoms with E-state index in [9.17, 15) is 9.59 Å². The normalized spacial score (nSPS) is 14.2. The van der Waals surface area contributed by atoms with E-state index in [-0.39, 0.29) is 12.1 Å². The molecule has 0 rings (SSSR count). The van der Waals surface area contributed by atoms with Gasteiger partial charge in [-0.05, 0) is 56.7 Å². The highest BCUT2D eigenvalue weighted by Gasteiger charge is 2.46. The van der Waals surface area contributed by atoms with E-state index >= 15 is 0 Å². The van der Waals surface area contributed by atoms with Gasteiger partial charge in [-0.15, -0.1) is 0 Å². The van der Waals surface area contributed by atoms with Crippen molar-refractivity contribution in [2.75, 3.05) is 6.61 Å². The zero-order valence-corrected chi connectivity index (χ0v) is 18.8. The highest BCUT2D eigenvalue weighted by atomic mass is 28.4.